The largest absolute Gasteiger partial charge is 0.497 e. The number of amides is 1. The number of esters is 1. The first-order valence-corrected chi connectivity index (χ1v) is 8.25. The molecule has 2 aromatic rings. The van der Waals surface area contributed by atoms with Gasteiger partial charge in [0.2, 0.25) is 0 Å². The van der Waals surface area contributed by atoms with E-state index in [9.17, 15) is 18.4 Å². The van der Waals surface area contributed by atoms with Crippen molar-refractivity contribution >= 4 is 18.0 Å². The topological polar surface area (TPSA) is 73.9 Å². The Labute approximate surface area is 160 Å². The van der Waals surface area contributed by atoms with Gasteiger partial charge in [-0.1, -0.05) is 24.3 Å². The van der Waals surface area contributed by atoms with Gasteiger partial charge in [0.25, 0.3) is 5.91 Å². The summed E-state index contributed by atoms with van der Waals surface area (Å²) in [6.45, 7) is -3.04. The summed E-state index contributed by atoms with van der Waals surface area (Å²) < 4.78 is 38.3. The van der Waals surface area contributed by atoms with Gasteiger partial charge in [0, 0.05) is 12.6 Å². The number of benzene rings is 2. The third-order valence-electron chi connectivity index (χ3n) is 3.49. The Morgan fingerprint density at radius 2 is 1.86 bits per heavy atom. The Morgan fingerprint density at radius 1 is 1.11 bits per heavy atom. The maximum Gasteiger partial charge on any atom is 0.387 e. The van der Waals surface area contributed by atoms with Gasteiger partial charge in [-0.15, -0.1) is 0 Å². The SMILES string of the molecule is COc1cccc(CNC(=O)COC(=O)/C=C/c2ccc(OC(F)F)cc2)c1. The minimum absolute atomic E-state index is 0.0161. The Balaban J connectivity index is 1.73. The van der Waals surface area contributed by atoms with Gasteiger partial charge in [-0.3, -0.25) is 4.79 Å². The lowest BCUT2D eigenvalue weighted by molar-refractivity contribution is -0.143. The number of carbonyl (C=O) groups excluding carboxylic acids is 2. The summed E-state index contributed by atoms with van der Waals surface area (Å²) in [4.78, 5) is 23.4. The fraction of sp³-hybridized carbons (Fsp3) is 0.200. The molecule has 1 N–H and O–H groups in total. The lowest BCUT2D eigenvalue weighted by Gasteiger charge is -2.07. The average Bonchev–Trinajstić information content (AvgIpc) is 2.70. The van der Waals surface area contributed by atoms with Crippen molar-refractivity contribution in [2.75, 3.05) is 13.7 Å². The fourth-order valence-electron chi connectivity index (χ4n) is 2.14. The van der Waals surface area contributed by atoms with Crippen LogP contribution in [0, 0.1) is 0 Å². The average molecular weight is 391 g/mol. The molecular formula is C20H19F2NO5. The number of hydrogen-bond donors (Lipinski definition) is 1. The van der Waals surface area contributed by atoms with Crippen LogP contribution in [0.5, 0.6) is 11.5 Å². The van der Waals surface area contributed by atoms with Crippen LogP contribution < -0.4 is 14.8 Å². The van der Waals surface area contributed by atoms with Crippen LogP contribution in [0.2, 0.25) is 0 Å². The third kappa shape index (κ3) is 7.45. The van der Waals surface area contributed by atoms with Gasteiger partial charge >= 0.3 is 12.6 Å². The summed E-state index contributed by atoms with van der Waals surface area (Å²) in [5, 5.41) is 2.63. The normalized spacial score (nSPS) is 10.7. The maximum atomic E-state index is 12.1. The molecule has 6 nitrogen and oxygen atoms in total. The predicted molar refractivity (Wildman–Crippen MR) is 97.9 cm³/mol. The quantitative estimate of drug-likeness (QED) is 0.525. The molecule has 0 bridgehead atoms. The molecule has 0 unspecified atom stereocenters. The monoisotopic (exact) mass is 391 g/mol. The number of rotatable bonds is 9. The van der Waals surface area contributed by atoms with Gasteiger partial charge in [0.1, 0.15) is 11.5 Å². The van der Waals surface area contributed by atoms with Crippen molar-refractivity contribution in [2.24, 2.45) is 0 Å². The number of alkyl halides is 2. The molecule has 2 rings (SSSR count). The van der Waals surface area contributed by atoms with E-state index in [1.807, 2.05) is 6.07 Å². The van der Waals surface area contributed by atoms with Crippen molar-refractivity contribution in [2.45, 2.75) is 13.2 Å². The van der Waals surface area contributed by atoms with E-state index in [1.54, 1.807) is 25.3 Å². The van der Waals surface area contributed by atoms with E-state index in [-0.39, 0.29) is 12.3 Å². The van der Waals surface area contributed by atoms with E-state index in [4.69, 9.17) is 9.47 Å². The van der Waals surface area contributed by atoms with Gasteiger partial charge in [-0.25, -0.2) is 4.79 Å². The second-order valence-electron chi connectivity index (χ2n) is 5.52. The lowest BCUT2D eigenvalue weighted by atomic mass is 10.2. The Bertz CT molecular complexity index is 822. The summed E-state index contributed by atoms with van der Waals surface area (Å²) in [5.74, 6) is -0.456. The Morgan fingerprint density at radius 3 is 2.54 bits per heavy atom. The molecule has 0 aliphatic carbocycles. The molecule has 148 valence electrons. The molecule has 2 aromatic carbocycles. The highest BCUT2D eigenvalue weighted by Crippen LogP contribution is 2.15. The van der Waals surface area contributed by atoms with E-state index >= 15 is 0 Å². The van der Waals surface area contributed by atoms with Gasteiger partial charge in [-0.2, -0.15) is 8.78 Å². The van der Waals surface area contributed by atoms with Crippen LogP contribution >= 0.6 is 0 Å². The zero-order valence-corrected chi connectivity index (χ0v) is 15.1. The minimum atomic E-state index is -2.90. The van der Waals surface area contributed by atoms with E-state index in [1.165, 1.54) is 30.3 Å². The smallest absolute Gasteiger partial charge is 0.387 e. The highest BCUT2D eigenvalue weighted by Gasteiger charge is 2.06. The second-order valence-corrected chi connectivity index (χ2v) is 5.52. The number of nitrogens with one attached hydrogen (secondary N) is 1. The standard InChI is InChI=1S/C20H19F2NO5/c1-26-17-4-2-3-15(11-17)12-23-18(24)13-27-19(25)10-7-14-5-8-16(9-6-14)28-20(21)22/h2-11,20H,12-13H2,1H3,(H,23,24)/b10-7+. The Kier molecular flexibility index (Phi) is 7.95. The lowest BCUT2D eigenvalue weighted by Crippen LogP contribution is -2.28. The zero-order chi connectivity index (χ0) is 20.4. The highest BCUT2D eigenvalue weighted by molar-refractivity contribution is 5.89. The maximum absolute atomic E-state index is 12.1. The van der Waals surface area contributed by atoms with Crippen LogP contribution in [0.4, 0.5) is 8.78 Å². The van der Waals surface area contributed by atoms with Crippen LogP contribution in [0.25, 0.3) is 6.08 Å². The third-order valence-corrected chi connectivity index (χ3v) is 3.49. The molecule has 0 heterocycles. The summed E-state index contributed by atoms with van der Waals surface area (Å²) in [5.41, 5.74) is 1.43. The fourth-order valence-corrected chi connectivity index (χ4v) is 2.14. The highest BCUT2D eigenvalue weighted by atomic mass is 19.3. The van der Waals surface area contributed by atoms with Crippen molar-refractivity contribution in [3.8, 4) is 11.5 Å². The van der Waals surface area contributed by atoms with E-state index in [0.717, 1.165) is 11.6 Å². The molecular weight excluding hydrogens is 372 g/mol. The molecule has 0 fully saturated rings. The molecule has 0 saturated heterocycles. The molecule has 0 aliphatic heterocycles. The predicted octanol–water partition coefficient (Wildman–Crippen LogP) is 3.17. The van der Waals surface area contributed by atoms with Crippen LogP contribution in [0.3, 0.4) is 0 Å². The molecule has 1 amide bonds. The van der Waals surface area contributed by atoms with E-state index < -0.39 is 25.1 Å². The minimum Gasteiger partial charge on any atom is -0.497 e. The van der Waals surface area contributed by atoms with Gasteiger partial charge in [0.05, 0.1) is 7.11 Å². The Hall–Kier alpha value is -3.42. The van der Waals surface area contributed by atoms with Crippen LogP contribution in [0.15, 0.2) is 54.6 Å². The van der Waals surface area contributed by atoms with Crippen molar-refractivity contribution in [3.63, 3.8) is 0 Å². The zero-order valence-electron chi connectivity index (χ0n) is 15.1. The molecule has 0 aromatic heterocycles. The molecule has 0 atom stereocenters. The van der Waals surface area contributed by atoms with Crippen LogP contribution in [-0.2, 0) is 20.9 Å². The first-order chi connectivity index (χ1) is 13.5. The number of halogens is 2. The van der Waals surface area contributed by atoms with Crippen molar-refractivity contribution < 1.29 is 32.6 Å². The number of hydrogen-bond acceptors (Lipinski definition) is 5. The molecule has 0 spiro atoms. The second kappa shape index (κ2) is 10.7. The number of methoxy groups -OCH3 is 1. The van der Waals surface area contributed by atoms with Crippen LogP contribution in [-0.4, -0.2) is 32.2 Å². The van der Waals surface area contributed by atoms with Crippen molar-refractivity contribution in [3.05, 3.63) is 65.7 Å². The summed E-state index contributed by atoms with van der Waals surface area (Å²) in [6, 6.07) is 12.9. The number of ether oxygens (including phenoxy) is 3. The molecule has 0 saturated carbocycles. The first-order valence-electron chi connectivity index (χ1n) is 8.25. The number of carbonyl (C=O) groups is 2. The van der Waals surface area contributed by atoms with Gasteiger partial charge < -0.3 is 19.5 Å². The molecule has 8 heteroatoms. The summed E-state index contributed by atoms with van der Waals surface area (Å²) in [6.07, 6.45) is 2.57. The van der Waals surface area contributed by atoms with E-state index in [2.05, 4.69) is 10.1 Å². The molecule has 28 heavy (non-hydrogen) atoms. The summed E-state index contributed by atoms with van der Waals surface area (Å²) >= 11 is 0. The van der Waals surface area contributed by atoms with Crippen LogP contribution in [0.1, 0.15) is 11.1 Å². The summed E-state index contributed by atoms with van der Waals surface area (Å²) in [7, 11) is 1.55. The van der Waals surface area contributed by atoms with Gasteiger partial charge in [-0.05, 0) is 41.5 Å². The van der Waals surface area contributed by atoms with Crippen molar-refractivity contribution in [1.82, 2.24) is 5.32 Å². The van der Waals surface area contributed by atoms with Crippen molar-refractivity contribution in [1.29, 1.82) is 0 Å². The molecule has 0 aliphatic rings. The first kappa shape index (κ1) is 20.9. The van der Waals surface area contributed by atoms with Gasteiger partial charge in [0.15, 0.2) is 6.61 Å². The molecule has 0 radical (unpaired) electrons. The van der Waals surface area contributed by atoms with E-state index in [0.29, 0.717) is 11.3 Å².